The Morgan fingerprint density at radius 3 is 3.00 bits per heavy atom. The van der Waals surface area contributed by atoms with Gasteiger partial charge in [-0.25, -0.2) is 4.98 Å². The van der Waals surface area contributed by atoms with Crippen LogP contribution in [0.15, 0.2) is 29.8 Å². The molecule has 3 rings (SSSR count). The number of amides is 1. The van der Waals surface area contributed by atoms with Crippen LogP contribution in [0.4, 0.5) is 0 Å². The average molecular weight is 346 g/mol. The molecule has 0 aliphatic carbocycles. The van der Waals surface area contributed by atoms with Crippen LogP contribution >= 0.6 is 11.3 Å². The van der Waals surface area contributed by atoms with Crippen molar-refractivity contribution >= 4 is 17.2 Å². The minimum absolute atomic E-state index is 0.106. The quantitative estimate of drug-likeness (QED) is 0.925. The van der Waals surface area contributed by atoms with Gasteiger partial charge in [0.15, 0.2) is 0 Å². The summed E-state index contributed by atoms with van der Waals surface area (Å²) < 4.78 is 5.45. The van der Waals surface area contributed by atoms with Crippen molar-refractivity contribution in [3.8, 4) is 5.88 Å². The van der Waals surface area contributed by atoms with Crippen LogP contribution in [0.5, 0.6) is 5.88 Å². The van der Waals surface area contributed by atoms with E-state index >= 15 is 0 Å². The number of likely N-dealkylation sites (tertiary alicyclic amines) is 1. The first-order valence-corrected chi connectivity index (χ1v) is 9.09. The van der Waals surface area contributed by atoms with Crippen LogP contribution in [0.25, 0.3) is 0 Å². The maximum absolute atomic E-state index is 12.8. The van der Waals surface area contributed by atoms with Crippen molar-refractivity contribution in [2.24, 2.45) is 0 Å². The number of hydrogen-bond donors (Lipinski definition) is 1. The third-order valence-corrected chi connectivity index (χ3v) is 5.54. The summed E-state index contributed by atoms with van der Waals surface area (Å²) in [5.41, 5.74) is 1.67. The molecule has 3 heterocycles. The molecule has 0 unspecified atom stereocenters. The van der Waals surface area contributed by atoms with Gasteiger partial charge in [0, 0.05) is 30.1 Å². The molecule has 5 nitrogen and oxygen atoms in total. The van der Waals surface area contributed by atoms with Crippen molar-refractivity contribution in [1.29, 1.82) is 0 Å². The molecule has 1 N–H and O–H groups in total. The van der Waals surface area contributed by atoms with Crippen molar-refractivity contribution in [2.45, 2.75) is 32.3 Å². The molecule has 128 valence electrons. The summed E-state index contributed by atoms with van der Waals surface area (Å²) in [5.74, 6) is 0.331. The van der Waals surface area contributed by atoms with Gasteiger partial charge in [-0.05, 0) is 49.4 Å². The lowest BCUT2D eigenvalue weighted by atomic mass is 9.90. The van der Waals surface area contributed by atoms with Gasteiger partial charge in [-0.15, -0.1) is 11.3 Å². The van der Waals surface area contributed by atoms with Crippen molar-refractivity contribution in [3.05, 3.63) is 45.8 Å². The van der Waals surface area contributed by atoms with Gasteiger partial charge in [0.1, 0.15) is 5.56 Å². The number of aliphatic hydroxyl groups excluding tert-OH is 1. The highest BCUT2D eigenvalue weighted by Crippen LogP contribution is 2.34. The van der Waals surface area contributed by atoms with Crippen LogP contribution in [-0.2, 0) is 0 Å². The molecular weight excluding hydrogens is 324 g/mol. The van der Waals surface area contributed by atoms with E-state index in [2.05, 4.69) is 23.4 Å². The Morgan fingerprint density at radius 2 is 2.33 bits per heavy atom. The summed E-state index contributed by atoms with van der Waals surface area (Å²) in [4.78, 5) is 19.9. The number of carbonyl (C=O) groups is 1. The number of aliphatic hydroxyl groups is 1. The number of aryl methyl sites for hydroxylation is 1. The Hall–Kier alpha value is -1.92. The highest BCUT2D eigenvalue weighted by Gasteiger charge is 2.33. The van der Waals surface area contributed by atoms with Gasteiger partial charge in [0.25, 0.3) is 5.91 Å². The zero-order valence-electron chi connectivity index (χ0n) is 13.9. The second-order valence-corrected chi connectivity index (χ2v) is 6.92. The third kappa shape index (κ3) is 3.30. The molecule has 1 saturated heterocycles. The number of thiophene rings is 1. The van der Waals surface area contributed by atoms with E-state index in [9.17, 15) is 9.90 Å². The molecule has 1 fully saturated rings. The Labute approximate surface area is 145 Å². The maximum atomic E-state index is 12.8. The SMILES string of the molecule is CCOc1ncccc1C(=O)N1CC[C@H](c2sccc2C)[C@@H](O)C1. The summed E-state index contributed by atoms with van der Waals surface area (Å²) in [6, 6.07) is 5.53. The maximum Gasteiger partial charge on any atom is 0.259 e. The van der Waals surface area contributed by atoms with Crippen LogP contribution < -0.4 is 4.74 Å². The minimum Gasteiger partial charge on any atom is -0.477 e. The summed E-state index contributed by atoms with van der Waals surface area (Å²) in [6.07, 6.45) is 1.83. The van der Waals surface area contributed by atoms with E-state index in [4.69, 9.17) is 4.74 Å². The Balaban J connectivity index is 1.74. The van der Waals surface area contributed by atoms with E-state index < -0.39 is 6.10 Å². The predicted molar refractivity (Wildman–Crippen MR) is 93.7 cm³/mol. The second kappa shape index (κ2) is 7.32. The Morgan fingerprint density at radius 1 is 1.50 bits per heavy atom. The molecule has 1 amide bonds. The zero-order chi connectivity index (χ0) is 17.1. The molecule has 0 bridgehead atoms. The van der Waals surface area contributed by atoms with E-state index in [0.29, 0.717) is 31.1 Å². The molecular formula is C18H22N2O3S. The monoisotopic (exact) mass is 346 g/mol. The van der Waals surface area contributed by atoms with Gasteiger partial charge in [-0.2, -0.15) is 0 Å². The van der Waals surface area contributed by atoms with E-state index in [1.165, 1.54) is 10.4 Å². The fraction of sp³-hybridized carbons (Fsp3) is 0.444. The van der Waals surface area contributed by atoms with E-state index in [0.717, 1.165) is 6.42 Å². The zero-order valence-corrected chi connectivity index (χ0v) is 14.8. The molecule has 1 aliphatic heterocycles. The first-order valence-electron chi connectivity index (χ1n) is 8.21. The molecule has 1 aliphatic rings. The summed E-state index contributed by atoms with van der Waals surface area (Å²) >= 11 is 1.68. The Bertz CT molecular complexity index is 716. The van der Waals surface area contributed by atoms with Gasteiger partial charge in [0.05, 0.1) is 12.7 Å². The number of pyridine rings is 1. The lowest BCUT2D eigenvalue weighted by molar-refractivity contribution is 0.0383. The van der Waals surface area contributed by atoms with Crippen molar-refractivity contribution in [1.82, 2.24) is 9.88 Å². The molecule has 0 spiro atoms. The number of rotatable bonds is 4. The molecule has 0 saturated carbocycles. The summed E-state index contributed by atoms with van der Waals surface area (Å²) in [5, 5.41) is 12.6. The highest BCUT2D eigenvalue weighted by atomic mass is 32.1. The van der Waals surface area contributed by atoms with Gasteiger partial charge in [-0.1, -0.05) is 0 Å². The van der Waals surface area contributed by atoms with Crippen LogP contribution in [-0.4, -0.2) is 46.7 Å². The van der Waals surface area contributed by atoms with E-state index in [-0.39, 0.29) is 11.8 Å². The largest absolute Gasteiger partial charge is 0.477 e. The van der Waals surface area contributed by atoms with Gasteiger partial charge >= 0.3 is 0 Å². The molecule has 0 aromatic carbocycles. The predicted octanol–water partition coefficient (Wildman–Crippen LogP) is 2.84. The molecule has 2 aromatic rings. The first-order chi connectivity index (χ1) is 11.6. The number of nitrogens with zero attached hydrogens (tertiary/aromatic N) is 2. The molecule has 24 heavy (non-hydrogen) atoms. The van der Waals surface area contributed by atoms with Crippen molar-refractivity contribution in [3.63, 3.8) is 0 Å². The number of carbonyl (C=O) groups excluding carboxylic acids is 1. The fourth-order valence-electron chi connectivity index (χ4n) is 3.16. The topological polar surface area (TPSA) is 62.7 Å². The number of ether oxygens (including phenoxy) is 1. The standard InChI is InChI=1S/C18H22N2O3S/c1-3-23-17-14(5-4-8-19-17)18(22)20-9-6-13(15(21)11-20)16-12(2)7-10-24-16/h4-5,7-8,10,13,15,21H,3,6,9,11H2,1-2H3/t13-,15-/m0/s1. The van der Waals surface area contributed by atoms with E-state index in [1.54, 1.807) is 34.6 Å². The van der Waals surface area contributed by atoms with Gasteiger partial charge < -0.3 is 14.7 Å². The third-order valence-electron chi connectivity index (χ3n) is 4.39. The van der Waals surface area contributed by atoms with Crippen LogP contribution in [0.1, 0.15) is 40.1 Å². The number of β-amino-alcohol motifs (C(OH)–C–C–N with tert-alkyl or cyclic N) is 1. The van der Waals surface area contributed by atoms with Crippen molar-refractivity contribution in [2.75, 3.05) is 19.7 Å². The molecule has 6 heteroatoms. The lowest BCUT2D eigenvalue weighted by Gasteiger charge is -2.36. The second-order valence-electron chi connectivity index (χ2n) is 5.97. The van der Waals surface area contributed by atoms with Gasteiger partial charge in [0.2, 0.25) is 5.88 Å². The summed E-state index contributed by atoms with van der Waals surface area (Å²) in [7, 11) is 0. The van der Waals surface area contributed by atoms with Crippen LogP contribution in [0.2, 0.25) is 0 Å². The molecule has 2 atom stereocenters. The lowest BCUT2D eigenvalue weighted by Crippen LogP contribution is -2.45. The molecule has 2 aromatic heterocycles. The fourth-order valence-corrected chi connectivity index (χ4v) is 4.28. The highest BCUT2D eigenvalue weighted by molar-refractivity contribution is 7.10. The normalized spacial score (nSPS) is 20.9. The van der Waals surface area contributed by atoms with Crippen LogP contribution in [0.3, 0.4) is 0 Å². The Kier molecular flexibility index (Phi) is 5.16. The van der Waals surface area contributed by atoms with Crippen molar-refractivity contribution < 1.29 is 14.6 Å². The van der Waals surface area contributed by atoms with E-state index in [1.807, 2.05) is 6.92 Å². The average Bonchev–Trinajstić information content (AvgIpc) is 3.01. The van der Waals surface area contributed by atoms with Gasteiger partial charge in [-0.3, -0.25) is 4.79 Å². The number of hydrogen-bond acceptors (Lipinski definition) is 5. The van der Waals surface area contributed by atoms with Crippen LogP contribution in [0, 0.1) is 6.92 Å². The first kappa shape index (κ1) is 16.9. The molecule has 0 radical (unpaired) electrons. The number of aromatic nitrogens is 1. The smallest absolute Gasteiger partial charge is 0.259 e. The summed E-state index contributed by atoms with van der Waals surface area (Å²) in [6.45, 7) is 5.35. The number of piperidine rings is 1. The minimum atomic E-state index is -0.549.